The zero-order chi connectivity index (χ0) is 18.4. The Morgan fingerprint density at radius 3 is 2.60 bits per heavy atom. The molecule has 0 aliphatic rings. The van der Waals surface area contributed by atoms with Crippen LogP contribution in [0.3, 0.4) is 0 Å². The maximum atomic E-state index is 5.60. The van der Waals surface area contributed by atoms with Gasteiger partial charge in [0, 0.05) is 29.6 Å². The van der Waals surface area contributed by atoms with E-state index < -0.39 is 0 Å². The van der Waals surface area contributed by atoms with Gasteiger partial charge in [0.05, 0.1) is 13.3 Å². The molecule has 1 aromatic carbocycles. The maximum absolute atomic E-state index is 5.60. The van der Waals surface area contributed by atoms with Crippen molar-refractivity contribution in [2.24, 2.45) is 5.10 Å². The van der Waals surface area contributed by atoms with E-state index in [1.54, 1.807) is 18.7 Å². The molecule has 0 radical (unpaired) electrons. The van der Waals surface area contributed by atoms with Gasteiger partial charge in [0.1, 0.15) is 11.6 Å². The van der Waals surface area contributed by atoms with E-state index >= 15 is 0 Å². The number of hydrogen-bond donors (Lipinski definition) is 2. The lowest BCUT2D eigenvalue weighted by molar-refractivity contribution is 0.164. The molecule has 1 aromatic heterocycles. The predicted molar refractivity (Wildman–Crippen MR) is 107 cm³/mol. The Hall–Kier alpha value is -2.12. The van der Waals surface area contributed by atoms with Gasteiger partial charge in [-0.05, 0) is 51.5 Å². The SMILES string of the molecule is COc1ccc(C=NNc2nc(N)cs2)cc1CN(C(C)C)C(C)C. The first-order chi connectivity index (χ1) is 11.9. The Balaban J connectivity index is 2.15. The molecule has 0 spiro atoms. The molecule has 136 valence electrons. The van der Waals surface area contributed by atoms with Crippen molar-refractivity contribution in [2.75, 3.05) is 18.3 Å². The summed E-state index contributed by atoms with van der Waals surface area (Å²) in [6.45, 7) is 9.67. The van der Waals surface area contributed by atoms with E-state index in [4.69, 9.17) is 10.5 Å². The highest BCUT2D eigenvalue weighted by molar-refractivity contribution is 7.14. The molecule has 0 fully saturated rings. The van der Waals surface area contributed by atoms with Gasteiger partial charge in [0.2, 0.25) is 5.13 Å². The molecule has 0 amide bonds. The summed E-state index contributed by atoms with van der Waals surface area (Å²) in [6.07, 6.45) is 1.77. The fraction of sp³-hybridized carbons (Fsp3) is 0.444. The minimum absolute atomic E-state index is 0.457. The first-order valence-electron chi connectivity index (χ1n) is 8.33. The van der Waals surface area contributed by atoms with Gasteiger partial charge in [-0.3, -0.25) is 10.3 Å². The van der Waals surface area contributed by atoms with Crippen LogP contribution in [-0.2, 0) is 6.54 Å². The number of nitrogens with two attached hydrogens (primary N) is 1. The van der Waals surface area contributed by atoms with Crippen LogP contribution < -0.4 is 15.9 Å². The van der Waals surface area contributed by atoms with Crippen molar-refractivity contribution in [3.05, 3.63) is 34.7 Å². The van der Waals surface area contributed by atoms with Gasteiger partial charge in [-0.1, -0.05) is 0 Å². The van der Waals surface area contributed by atoms with Crippen molar-refractivity contribution in [1.82, 2.24) is 9.88 Å². The normalized spacial score (nSPS) is 11.8. The third-order valence-electron chi connectivity index (χ3n) is 3.88. The zero-order valence-electron chi connectivity index (χ0n) is 15.5. The molecule has 0 unspecified atom stereocenters. The molecule has 7 heteroatoms. The molecule has 1 heterocycles. The van der Waals surface area contributed by atoms with E-state index in [1.165, 1.54) is 11.3 Å². The van der Waals surface area contributed by atoms with Crippen molar-refractivity contribution in [2.45, 2.75) is 46.3 Å². The molecule has 0 aliphatic heterocycles. The molecule has 3 N–H and O–H groups in total. The standard InChI is InChI=1S/C18H27N5OS/c1-12(2)23(13(3)4)10-15-8-14(6-7-16(15)24-5)9-20-22-18-21-17(19)11-25-18/h6-9,11-13H,10,19H2,1-5H3,(H,21,22). The topological polar surface area (TPSA) is 75.8 Å². The highest BCUT2D eigenvalue weighted by Gasteiger charge is 2.16. The summed E-state index contributed by atoms with van der Waals surface area (Å²) in [7, 11) is 1.70. The third-order valence-corrected chi connectivity index (χ3v) is 4.64. The average Bonchev–Trinajstić information content (AvgIpc) is 2.97. The number of hydrazone groups is 1. The Labute approximate surface area is 153 Å². The molecular formula is C18H27N5OS. The van der Waals surface area contributed by atoms with Crippen molar-refractivity contribution in [3.63, 3.8) is 0 Å². The quantitative estimate of drug-likeness (QED) is 0.552. The Morgan fingerprint density at radius 1 is 1.32 bits per heavy atom. The molecule has 0 bridgehead atoms. The number of nitrogen functional groups attached to an aromatic ring is 1. The van der Waals surface area contributed by atoms with Gasteiger partial charge < -0.3 is 10.5 Å². The number of benzene rings is 1. The van der Waals surface area contributed by atoms with Crippen LogP contribution in [0.2, 0.25) is 0 Å². The third kappa shape index (κ3) is 5.44. The maximum Gasteiger partial charge on any atom is 0.205 e. The van der Waals surface area contributed by atoms with Crippen LogP contribution in [-0.4, -0.2) is 35.3 Å². The van der Waals surface area contributed by atoms with Crippen LogP contribution in [0.1, 0.15) is 38.8 Å². The molecule has 2 aromatic rings. The first kappa shape index (κ1) is 19.2. The van der Waals surface area contributed by atoms with Crippen molar-refractivity contribution in [3.8, 4) is 5.75 Å². The fourth-order valence-electron chi connectivity index (χ4n) is 2.66. The van der Waals surface area contributed by atoms with E-state index in [0.29, 0.717) is 23.0 Å². The lowest BCUT2D eigenvalue weighted by atomic mass is 10.1. The second-order valence-electron chi connectivity index (χ2n) is 6.38. The summed E-state index contributed by atoms with van der Waals surface area (Å²) >= 11 is 1.42. The second kappa shape index (κ2) is 8.82. The van der Waals surface area contributed by atoms with E-state index in [-0.39, 0.29) is 0 Å². The smallest absolute Gasteiger partial charge is 0.205 e. The second-order valence-corrected chi connectivity index (χ2v) is 7.24. The van der Waals surface area contributed by atoms with Crippen molar-refractivity contribution < 1.29 is 4.74 Å². The molecule has 6 nitrogen and oxygen atoms in total. The number of aromatic nitrogens is 1. The number of ether oxygens (including phenoxy) is 1. The van der Waals surface area contributed by atoms with E-state index in [9.17, 15) is 0 Å². The van der Waals surface area contributed by atoms with Crippen molar-refractivity contribution in [1.29, 1.82) is 0 Å². The molecule has 0 saturated carbocycles. The molecule has 0 aliphatic carbocycles. The van der Waals surface area contributed by atoms with Crippen LogP contribution in [0.15, 0.2) is 28.7 Å². The number of hydrogen-bond acceptors (Lipinski definition) is 7. The monoisotopic (exact) mass is 361 g/mol. The van der Waals surface area contributed by atoms with E-state index in [1.807, 2.05) is 12.1 Å². The molecule has 2 rings (SSSR count). The number of nitrogens with zero attached hydrogens (tertiary/aromatic N) is 3. The fourth-order valence-corrected chi connectivity index (χ4v) is 3.21. The van der Waals surface area contributed by atoms with Crippen molar-refractivity contribution >= 4 is 28.5 Å². The number of rotatable bonds is 8. The minimum Gasteiger partial charge on any atom is -0.496 e. The Kier molecular flexibility index (Phi) is 6.78. The number of anilines is 2. The van der Waals surface area contributed by atoms with Crippen LogP contribution in [0, 0.1) is 0 Å². The summed E-state index contributed by atoms with van der Waals surface area (Å²) in [4.78, 5) is 6.54. The van der Waals surface area contributed by atoms with Gasteiger partial charge in [-0.25, -0.2) is 4.98 Å². The number of nitrogens with one attached hydrogen (secondary N) is 1. The van der Waals surface area contributed by atoms with Gasteiger partial charge >= 0.3 is 0 Å². The molecule has 25 heavy (non-hydrogen) atoms. The van der Waals surface area contributed by atoms with E-state index in [2.05, 4.69) is 54.2 Å². The number of thiazole rings is 1. The van der Waals surface area contributed by atoms with E-state index in [0.717, 1.165) is 23.4 Å². The Bertz CT molecular complexity index is 703. The van der Waals surface area contributed by atoms with Gasteiger partial charge in [0.25, 0.3) is 0 Å². The molecule has 0 saturated heterocycles. The molecule has 0 atom stereocenters. The summed E-state index contributed by atoms with van der Waals surface area (Å²) < 4.78 is 5.53. The predicted octanol–water partition coefficient (Wildman–Crippen LogP) is 3.80. The lowest BCUT2D eigenvalue weighted by Gasteiger charge is -2.31. The highest BCUT2D eigenvalue weighted by atomic mass is 32.1. The zero-order valence-corrected chi connectivity index (χ0v) is 16.3. The highest BCUT2D eigenvalue weighted by Crippen LogP contribution is 2.23. The summed E-state index contributed by atoms with van der Waals surface area (Å²) in [5, 5.41) is 6.68. The van der Waals surface area contributed by atoms with Crippen LogP contribution >= 0.6 is 11.3 Å². The van der Waals surface area contributed by atoms with Crippen LogP contribution in [0.25, 0.3) is 0 Å². The average molecular weight is 362 g/mol. The van der Waals surface area contributed by atoms with Gasteiger partial charge in [-0.2, -0.15) is 5.10 Å². The van der Waals surface area contributed by atoms with Crippen LogP contribution in [0.5, 0.6) is 5.75 Å². The van der Waals surface area contributed by atoms with Crippen LogP contribution in [0.4, 0.5) is 10.9 Å². The Morgan fingerprint density at radius 2 is 2.04 bits per heavy atom. The summed E-state index contributed by atoms with van der Waals surface area (Å²) in [5.74, 6) is 1.39. The largest absolute Gasteiger partial charge is 0.496 e. The number of methoxy groups -OCH3 is 1. The lowest BCUT2D eigenvalue weighted by Crippen LogP contribution is -2.36. The molecular weight excluding hydrogens is 334 g/mol. The van der Waals surface area contributed by atoms with Gasteiger partial charge in [-0.15, -0.1) is 11.3 Å². The minimum atomic E-state index is 0.457. The summed E-state index contributed by atoms with van der Waals surface area (Å²) in [5.41, 5.74) is 10.6. The van der Waals surface area contributed by atoms with Gasteiger partial charge in [0.15, 0.2) is 0 Å². The summed E-state index contributed by atoms with van der Waals surface area (Å²) in [6, 6.07) is 6.99. The first-order valence-corrected chi connectivity index (χ1v) is 9.21.